The van der Waals surface area contributed by atoms with Crippen molar-refractivity contribution in [2.45, 2.75) is 44.8 Å². The van der Waals surface area contributed by atoms with Crippen LogP contribution in [0.1, 0.15) is 30.4 Å². The van der Waals surface area contributed by atoms with Crippen LogP contribution >= 0.6 is 11.8 Å². The first-order chi connectivity index (χ1) is 12.2. The van der Waals surface area contributed by atoms with Gasteiger partial charge in [0.15, 0.2) is 0 Å². The molecule has 1 unspecified atom stereocenters. The fourth-order valence-corrected chi connectivity index (χ4v) is 5.28. The summed E-state index contributed by atoms with van der Waals surface area (Å²) in [5, 5.41) is 9.55. The number of rotatable bonds is 6. The quantitative estimate of drug-likeness (QED) is 0.840. The molecule has 4 nitrogen and oxygen atoms in total. The summed E-state index contributed by atoms with van der Waals surface area (Å²) < 4.78 is 5.38. The van der Waals surface area contributed by atoms with E-state index in [1.165, 1.54) is 35.5 Å². The topological polar surface area (TPSA) is 35.9 Å². The predicted octanol–water partition coefficient (Wildman–Crippen LogP) is 2.77. The largest absolute Gasteiger partial charge is 0.496 e. The third kappa shape index (κ3) is 4.91. The Bertz CT molecular complexity index is 548. The van der Waals surface area contributed by atoms with Crippen LogP contribution in [0.25, 0.3) is 0 Å². The average Bonchev–Trinajstić information content (AvgIpc) is 2.64. The van der Waals surface area contributed by atoms with Crippen LogP contribution in [-0.4, -0.2) is 71.8 Å². The van der Waals surface area contributed by atoms with Gasteiger partial charge >= 0.3 is 0 Å². The number of benzene rings is 1. The summed E-state index contributed by atoms with van der Waals surface area (Å²) in [6, 6.07) is 7.69. The summed E-state index contributed by atoms with van der Waals surface area (Å²) in [4.78, 5) is 5.25. The molecule has 0 radical (unpaired) electrons. The summed E-state index contributed by atoms with van der Waals surface area (Å²) in [6.45, 7) is 6.70. The predicted molar refractivity (Wildman–Crippen MR) is 106 cm³/mol. The molecule has 1 atom stereocenters. The Morgan fingerprint density at radius 3 is 2.72 bits per heavy atom. The van der Waals surface area contributed by atoms with Crippen LogP contribution < -0.4 is 4.74 Å². The fourth-order valence-electron chi connectivity index (χ4n) is 4.20. The van der Waals surface area contributed by atoms with Crippen molar-refractivity contribution in [2.24, 2.45) is 0 Å². The molecule has 0 saturated carbocycles. The number of ether oxygens (including phenoxy) is 1. The van der Waals surface area contributed by atoms with Gasteiger partial charge in [0.05, 0.1) is 7.11 Å². The van der Waals surface area contributed by atoms with Gasteiger partial charge in [-0.1, -0.05) is 12.1 Å². The van der Waals surface area contributed by atoms with Crippen LogP contribution in [0.15, 0.2) is 18.2 Å². The Kier molecular flexibility index (Phi) is 7.05. The van der Waals surface area contributed by atoms with E-state index in [0.29, 0.717) is 6.04 Å². The molecule has 0 aromatic heterocycles. The van der Waals surface area contributed by atoms with Gasteiger partial charge in [-0.05, 0) is 54.9 Å². The second-order valence-corrected chi connectivity index (χ2v) is 8.50. The zero-order chi connectivity index (χ0) is 17.6. The van der Waals surface area contributed by atoms with E-state index in [2.05, 4.69) is 46.7 Å². The highest BCUT2D eigenvalue weighted by atomic mass is 32.2. The number of nitrogens with zero attached hydrogens (tertiary/aromatic N) is 2. The first-order valence-electron chi connectivity index (χ1n) is 9.51. The summed E-state index contributed by atoms with van der Waals surface area (Å²) in [6.07, 6.45) is 3.52. The normalized spacial score (nSPS) is 23.7. The van der Waals surface area contributed by atoms with Crippen LogP contribution in [0, 0.1) is 6.92 Å². The number of hydrogen-bond donors (Lipinski definition) is 1. The van der Waals surface area contributed by atoms with Crippen molar-refractivity contribution in [3.05, 3.63) is 29.3 Å². The molecule has 25 heavy (non-hydrogen) atoms. The van der Waals surface area contributed by atoms with E-state index in [1.807, 2.05) is 0 Å². The Morgan fingerprint density at radius 2 is 2.04 bits per heavy atom. The fraction of sp³-hybridized carbons (Fsp3) is 0.700. The monoisotopic (exact) mass is 364 g/mol. The molecular formula is C20H32N2O2S. The Labute approximate surface area is 156 Å². The lowest BCUT2D eigenvalue weighted by molar-refractivity contribution is 0.0292. The van der Waals surface area contributed by atoms with Crippen LogP contribution in [0.5, 0.6) is 5.75 Å². The molecule has 2 heterocycles. The lowest BCUT2D eigenvalue weighted by Crippen LogP contribution is -2.56. The average molecular weight is 365 g/mol. The Hall–Kier alpha value is -0.750. The van der Waals surface area contributed by atoms with Gasteiger partial charge < -0.3 is 9.84 Å². The van der Waals surface area contributed by atoms with Gasteiger partial charge in [-0.2, -0.15) is 11.8 Å². The van der Waals surface area contributed by atoms with Crippen molar-refractivity contribution < 1.29 is 9.84 Å². The van der Waals surface area contributed by atoms with E-state index >= 15 is 0 Å². The van der Waals surface area contributed by atoms with Crippen molar-refractivity contribution >= 4 is 11.8 Å². The molecule has 1 aromatic carbocycles. The van der Waals surface area contributed by atoms with E-state index in [-0.39, 0.29) is 6.61 Å². The van der Waals surface area contributed by atoms with Gasteiger partial charge in [0, 0.05) is 44.9 Å². The molecule has 0 spiro atoms. The second kappa shape index (κ2) is 9.26. The third-order valence-corrected chi connectivity index (χ3v) is 6.70. The van der Waals surface area contributed by atoms with E-state index in [1.54, 1.807) is 7.11 Å². The number of methoxy groups -OCH3 is 1. The van der Waals surface area contributed by atoms with Gasteiger partial charge in [-0.3, -0.25) is 9.80 Å². The van der Waals surface area contributed by atoms with Crippen LogP contribution in [0.4, 0.5) is 0 Å². The Morgan fingerprint density at radius 1 is 1.24 bits per heavy atom. The number of aryl methyl sites for hydroxylation is 1. The molecule has 5 heteroatoms. The van der Waals surface area contributed by atoms with Gasteiger partial charge in [-0.25, -0.2) is 0 Å². The smallest absolute Gasteiger partial charge is 0.121 e. The lowest BCUT2D eigenvalue weighted by atomic mass is 10.0. The molecule has 2 saturated heterocycles. The Balaban J connectivity index is 1.63. The van der Waals surface area contributed by atoms with Gasteiger partial charge in [0.2, 0.25) is 0 Å². The molecule has 1 N–H and O–H groups in total. The lowest BCUT2D eigenvalue weighted by Gasteiger charge is -2.45. The summed E-state index contributed by atoms with van der Waals surface area (Å²) in [5.41, 5.74) is 2.53. The van der Waals surface area contributed by atoms with Crippen molar-refractivity contribution in [1.29, 1.82) is 0 Å². The van der Waals surface area contributed by atoms with Crippen molar-refractivity contribution in [3.63, 3.8) is 0 Å². The van der Waals surface area contributed by atoms with Crippen LogP contribution in [0.3, 0.4) is 0 Å². The minimum absolute atomic E-state index is 0.275. The minimum atomic E-state index is 0.275. The number of aliphatic hydroxyl groups is 1. The molecule has 2 fully saturated rings. The van der Waals surface area contributed by atoms with Gasteiger partial charge in [-0.15, -0.1) is 0 Å². The van der Waals surface area contributed by atoms with E-state index in [9.17, 15) is 5.11 Å². The van der Waals surface area contributed by atoms with E-state index < -0.39 is 0 Å². The first kappa shape index (κ1) is 19.0. The SMILES string of the molecule is COc1ccc(CN2CCN(C3CCSCC3)CC2CCO)cc1C. The summed E-state index contributed by atoms with van der Waals surface area (Å²) in [5.74, 6) is 3.57. The molecule has 1 aromatic rings. The molecule has 140 valence electrons. The zero-order valence-electron chi connectivity index (χ0n) is 15.6. The highest BCUT2D eigenvalue weighted by Gasteiger charge is 2.31. The van der Waals surface area contributed by atoms with Crippen LogP contribution in [0.2, 0.25) is 0 Å². The highest BCUT2D eigenvalue weighted by Crippen LogP contribution is 2.26. The van der Waals surface area contributed by atoms with Crippen molar-refractivity contribution in [3.8, 4) is 5.75 Å². The number of thioether (sulfide) groups is 1. The standard InChI is InChI=1S/C20H32N2O2S/c1-16-13-17(3-4-20(16)24-2)14-21-8-9-22(15-19(21)5-10-23)18-6-11-25-12-7-18/h3-4,13,18-19,23H,5-12,14-15H2,1-2H3. The van der Waals surface area contributed by atoms with Crippen LogP contribution in [-0.2, 0) is 6.54 Å². The maximum absolute atomic E-state index is 9.55. The van der Waals surface area contributed by atoms with Gasteiger partial charge in [0.1, 0.15) is 5.75 Å². The first-order valence-corrected chi connectivity index (χ1v) is 10.7. The number of piperazine rings is 1. The van der Waals surface area contributed by atoms with Crippen molar-refractivity contribution in [2.75, 3.05) is 44.9 Å². The maximum atomic E-state index is 9.55. The zero-order valence-corrected chi connectivity index (χ0v) is 16.4. The van der Waals surface area contributed by atoms with E-state index in [0.717, 1.165) is 44.4 Å². The molecule has 0 aliphatic carbocycles. The molecule has 3 rings (SSSR count). The number of hydrogen-bond acceptors (Lipinski definition) is 5. The molecular weight excluding hydrogens is 332 g/mol. The van der Waals surface area contributed by atoms with Crippen molar-refractivity contribution in [1.82, 2.24) is 9.80 Å². The maximum Gasteiger partial charge on any atom is 0.121 e. The minimum Gasteiger partial charge on any atom is -0.496 e. The van der Waals surface area contributed by atoms with E-state index in [4.69, 9.17) is 4.74 Å². The summed E-state index contributed by atoms with van der Waals surface area (Å²) in [7, 11) is 1.72. The third-order valence-electron chi connectivity index (χ3n) is 5.65. The molecule has 2 aliphatic rings. The summed E-state index contributed by atoms with van der Waals surface area (Å²) >= 11 is 2.09. The molecule has 0 bridgehead atoms. The second-order valence-electron chi connectivity index (χ2n) is 7.28. The van der Waals surface area contributed by atoms with Gasteiger partial charge in [0.25, 0.3) is 0 Å². The number of aliphatic hydroxyl groups excluding tert-OH is 1. The highest BCUT2D eigenvalue weighted by molar-refractivity contribution is 7.99. The molecule has 0 amide bonds. The molecule has 2 aliphatic heterocycles.